The van der Waals surface area contributed by atoms with Gasteiger partial charge < -0.3 is 5.32 Å². The second-order valence-corrected chi connectivity index (χ2v) is 10.6. The van der Waals surface area contributed by atoms with E-state index in [9.17, 15) is 18.0 Å². The lowest BCUT2D eigenvalue weighted by molar-refractivity contribution is -0.119. The lowest BCUT2D eigenvalue weighted by Crippen LogP contribution is -2.39. The minimum absolute atomic E-state index is 0.0771. The summed E-state index contributed by atoms with van der Waals surface area (Å²) in [5, 5.41) is 6.81. The summed E-state index contributed by atoms with van der Waals surface area (Å²) in [6.07, 6.45) is 0. The molecule has 0 saturated heterocycles. The summed E-state index contributed by atoms with van der Waals surface area (Å²) in [5.74, 6) is -0.811. The van der Waals surface area contributed by atoms with Crippen molar-refractivity contribution in [2.24, 2.45) is 5.10 Å². The molecule has 0 fully saturated rings. The van der Waals surface area contributed by atoms with Crippen LogP contribution in [-0.4, -0.2) is 32.5 Å². The molecule has 0 atom stereocenters. The second kappa shape index (κ2) is 11.3. The van der Waals surface area contributed by atoms with Crippen LogP contribution in [0.5, 0.6) is 0 Å². The number of benzene rings is 3. The number of carbonyl (C=O) groups excluding carboxylic acids is 2. The van der Waals surface area contributed by atoms with Gasteiger partial charge in [0.05, 0.1) is 16.3 Å². The zero-order valence-electron chi connectivity index (χ0n) is 19.4. The van der Waals surface area contributed by atoms with Crippen molar-refractivity contribution in [1.29, 1.82) is 0 Å². The normalized spacial score (nSPS) is 11.6. The highest BCUT2D eigenvalue weighted by molar-refractivity contribution is 9.10. The first-order valence-corrected chi connectivity index (χ1v) is 12.9. The molecule has 3 rings (SSSR count). The Bertz CT molecular complexity index is 1350. The quantitative estimate of drug-likeness (QED) is 0.315. The van der Waals surface area contributed by atoms with E-state index >= 15 is 0 Å². The molecule has 182 valence electrons. The first-order chi connectivity index (χ1) is 16.6. The number of hydrogen-bond acceptors (Lipinski definition) is 5. The fraction of sp³-hybridized carbons (Fsp3) is 0.160. The van der Waals surface area contributed by atoms with Crippen LogP contribution in [0.4, 0.5) is 11.4 Å². The second-order valence-electron chi connectivity index (χ2n) is 7.80. The molecule has 0 aliphatic carbocycles. The molecule has 2 N–H and O–H groups in total. The molecule has 0 unspecified atom stereocenters. The summed E-state index contributed by atoms with van der Waals surface area (Å²) >= 11 is 3.34. The van der Waals surface area contributed by atoms with Gasteiger partial charge in [0, 0.05) is 17.1 Å². The zero-order valence-corrected chi connectivity index (χ0v) is 21.9. The van der Waals surface area contributed by atoms with Crippen molar-refractivity contribution in [3.8, 4) is 0 Å². The molecule has 0 radical (unpaired) electrons. The maximum absolute atomic E-state index is 13.4. The van der Waals surface area contributed by atoms with Gasteiger partial charge in [-0.1, -0.05) is 45.8 Å². The fourth-order valence-corrected chi connectivity index (χ4v) is 4.85. The third kappa shape index (κ3) is 7.00. The van der Waals surface area contributed by atoms with E-state index in [1.54, 1.807) is 67.6 Å². The molecule has 2 amide bonds. The van der Waals surface area contributed by atoms with Gasteiger partial charge in [-0.3, -0.25) is 13.9 Å². The smallest absolute Gasteiger partial charge is 0.264 e. The van der Waals surface area contributed by atoms with Gasteiger partial charge in [-0.05, 0) is 67.9 Å². The summed E-state index contributed by atoms with van der Waals surface area (Å²) in [5.41, 5.74) is 5.47. The molecule has 3 aromatic rings. The molecule has 10 heteroatoms. The van der Waals surface area contributed by atoms with Crippen LogP contribution in [0.3, 0.4) is 0 Å². The highest BCUT2D eigenvalue weighted by Crippen LogP contribution is 2.25. The van der Waals surface area contributed by atoms with Crippen molar-refractivity contribution in [3.05, 3.63) is 88.4 Å². The minimum atomic E-state index is -4.02. The highest BCUT2D eigenvalue weighted by Gasteiger charge is 2.27. The Morgan fingerprint density at radius 2 is 1.63 bits per heavy atom. The molecular formula is C25H25BrN4O4S. The number of carbonyl (C=O) groups is 2. The molecule has 8 nitrogen and oxygen atoms in total. The van der Waals surface area contributed by atoms with Crippen LogP contribution in [0.25, 0.3) is 0 Å². The van der Waals surface area contributed by atoms with E-state index in [-0.39, 0.29) is 10.8 Å². The number of halogens is 1. The molecule has 0 heterocycles. The first-order valence-electron chi connectivity index (χ1n) is 10.6. The average molecular weight is 557 g/mol. The molecule has 0 aliphatic rings. The lowest BCUT2D eigenvalue weighted by Gasteiger charge is -2.24. The number of anilines is 2. The molecule has 3 aromatic carbocycles. The predicted molar refractivity (Wildman–Crippen MR) is 141 cm³/mol. The van der Waals surface area contributed by atoms with E-state index in [1.165, 1.54) is 19.1 Å². The number of hydrogen-bond donors (Lipinski definition) is 2. The summed E-state index contributed by atoms with van der Waals surface area (Å²) in [6.45, 7) is 4.50. The van der Waals surface area contributed by atoms with Crippen LogP contribution in [0.2, 0.25) is 0 Å². The van der Waals surface area contributed by atoms with Crippen molar-refractivity contribution < 1.29 is 18.0 Å². The Hall–Kier alpha value is -3.50. The van der Waals surface area contributed by atoms with Gasteiger partial charge in [0.1, 0.15) is 6.54 Å². The Labute approximate surface area is 213 Å². The maximum Gasteiger partial charge on any atom is 0.264 e. The van der Waals surface area contributed by atoms with Gasteiger partial charge in [0.2, 0.25) is 5.91 Å². The third-order valence-electron chi connectivity index (χ3n) is 4.96. The summed E-state index contributed by atoms with van der Waals surface area (Å²) in [7, 11) is -4.02. The Balaban J connectivity index is 1.83. The molecule has 0 saturated carbocycles. The van der Waals surface area contributed by atoms with E-state index < -0.39 is 22.5 Å². The average Bonchev–Trinajstić information content (AvgIpc) is 2.81. The van der Waals surface area contributed by atoms with Crippen LogP contribution in [0, 0.1) is 6.92 Å². The van der Waals surface area contributed by atoms with Crippen LogP contribution in [-0.2, 0) is 19.6 Å². The number of rotatable bonds is 8. The number of aryl methyl sites for hydroxylation is 1. The van der Waals surface area contributed by atoms with Crippen LogP contribution in [0.15, 0.2) is 87.3 Å². The fourth-order valence-electron chi connectivity index (χ4n) is 3.16. The molecule has 0 aliphatic heterocycles. The van der Waals surface area contributed by atoms with Crippen LogP contribution in [0.1, 0.15) is 25.0 Å². The van der Waals surface area contributed by atoms with E-state index in [1.807, 2.05) is 6.92 Å². The van der Waals surface area contributed by atoms with Crippen molar-refractivity contribution >= 4 is 54.9 Å². The van der Waals surface area contributed by atoms with E-state index in [0.29, 0.717) is 22.6 Å². The monoisotopic (exact) mass is 556 g/mol. The van der Waals surface area contributed by atoms with Gasteiger partial charge in [-0.25, -0.2) is 13.8 Å². The molecule has 35 heavy (non-hydrogen) atoms. The van der Waals surface area contributed by atoms with Crippen LogP contribution < -0.4 is 15.0 Å². The standard InChI is InChI=1S/C25H25BrN4O4S/c1-17-7-13-24(14-8-17)35(33,34)30(23-11-9-21(26)10-12-23)16-25(32)29-28-18(2)20-5-4-6-22(15-20)27-19(3)31/h4-15H,16H2,1-3H3,(H,27,31)(H,29,32)/b28-18-. The lowest BCUT2D eigenvalue weighted by atomic mass is 10.1. The van der Waals surface area contributed by atoms with Crippen molar-refractivity contribution in [3.63, 3.8) is 0 Å². The molecule has 0 spiro atoms. The van der Waals surface area contributed by atoms with Gasteiger partial charge in [-0.15, -0.1) is 0 Å². The molecular weight excluding hydrogens is 532 g/mol. The number of nitrogens with one attached hydrogen (secondary N) is 2. The number of amides is 2. The van der Waals surface area contributed by atoms with Crippen molar-refractivity contribution in [2.45, 2.75) is 25.7 Å². The van der Waals surface area contributed by atoms with Crippen molar-refractivity contribution in [2.75, 3.05) is 16.2 Å². The van der Waals surface area contributed by atoms with Crippen LogP contribution >= 0.6 is 15.9 Å². The maximum atomic E-state index is 13.4. The molecule has 0 bridgehead atoms. The summed E-state index contributed by atoms with van der Waals surface area (Å²) < 4.78 is 28.6. The number of hydrazone groups is 1. The predicted octanol–water partition coefficient (Wildman–Crippen LogP) is 4.45. The van der Waals surface area contributed by atoms with Gasteiger partial charge in [0.15, 0.2) is 0 Å². The minimum Gasteiger partial charge on any atom is -0.326 e. The van der Waals surface area contributed by atoms with E-state index in [0.717, 1.165) is 14.3 Å². The van der Waals surface area contributed by atoms with Crippen molar-refractivity contribution in [1.82, 2.24) is 5.43 Å². The SMILES string of the molecule is CC(=O)Nc1cccc(/C(C)=N\NC(=O)CN(c2ccc(Br)cc2)S(=O)(=O)c2ccc(C)cc2)c1. The Kier molecular flexibility index (Phi) is 8.42. The van der Waals surface area contributed by atoms with Gasteiger partial charge >= 0.3 is 0 Å². The van der Waals surface area contributed by atoms with Gasteiger partial charge in [0.25, 0.3) is 15.9 Å². The van der Waals surface area contributed by atoms with E-state index in [2.05, 4.69) is 31.8 Å². The Morgan fingerprint density at radius 3 is 2.26 bits per heavy atom. The topological polar surface area (TPSA) is 108 Å². The van der Waals surface area contributed by atoms with E-state index in [4.69, 9.17) is 0 Å². The zero-order chi connectivity index (χ0) is 25.6. The number of nitrogens with zero attached hydrogens (tertiary/aromatic N) is 2. The first kappa shape index (κ1) is 26.1. The van der Waals surface area contributed by atoms with Gasteiger partial charge in [-0.2, -0.15) is 5.10 Å². The summed E-state index contributed by atoms with van der Waals surface area (Å²) in [4.78, 5) is 24.2. The highest BCUT2D eigenvalue weighted by atomic mass is 79.9. The summed E-state index contributed by atoms with van der Waals surface area (Å²) in [6, 6.07) is 20.1. The third-order valence-corrected chi connectivity index (χ3v) is 7.28. The largest absolute Gasteiger partial charge is 0.326 e. The Morgan fingerprint density at radius 1 is 0.971 bits per heavy atom. The molecule has 0 aromatic heterocycles. The number of sulfonamides is 1.